The van der Waals surface area contributed by atoms with E-state index in [0.29, 0.717) is 5.92 Å². The van der Waals surface area contributed by atoms with E-state index in [1.807, 2.05) is 17.2 Å². The highest BCUT2D eigenvalue weighted by Crippen LogP contribution is 2.35. The predicted octanol–water partition coefficient (Wildman–Crippen LogP) is 3.90. The molecular formula is C19H25N3O2S. The van der Waals surface area contributed by atoms with Gasteiger partial charge in [0.15, 0.2) is 0 Å². The van der Waals surface area contributed by atoms with Crippen LogP contribution < -0.4 is 0 Å². The molecule has 0 spiro atoms. The van der Waals surface area contributed by atoms with E-state index >= 15 is 0 Å². The summed E-state index contributed by atoms with van der Waals surface area (Å²) in [4.78, 5) is 16.9. The number of H-pyrrole nitrogens is 1. The van der Waals surface area contributed by atoms with Crippen LogP contribution in [0.25, 0.3) is 0 Å². The van der Waals surface area contributed by atoms with Crippen LogP contribution in [0.1, 0.15) is 70.4 Å². The number of carbonyl (C=O) groups is 1. The number of ether oxygens (including phenoxy) is 1. The second kappa shape index (κ2) is 7.30. The molecule has 5 nitrogen and oxygen atoms in total. The lowest BCUT2D eigenvalue weighted by Gasteiger charge is -2.31. The Balaban J connectivity index is 1.38. The summed E-state index contributed by atoms with van der Waals surface area (Å²) in [6, 6.07) is 4.04. The fourth-order valence-electron chi connectivity index (χ4n) is 3.93. The highest BCUT2D eigenvalue weighted by atomic mass is 32.1. The van der Waals surface area contributed by atoms with Gasteiger partial charge in [-0.15, -0.1) is 11.3 Å². The van der Waals surface area contributed by atoms with Crippen LogP contribution in [0.5, 0.6) is 0 Å². The number of amides is 1. The number of aryl methyl sites for hydroxylation is 1. The van der Waals surface area contributed by atoms with Crippen LogP contribution >= 0.6 is 11.3 Å². The van der Waals surface area contributed by atoms with Crippen molar-refractivity contribution in [2.24, 2.45) is 0 Å². The number of carbonyl (C=O) groups excluding carboxylic acids is 1. The smallest absolute Gasteiger partial charge is 0.263 e. The summed E-state index contributed by atoms with van der Waals surface area (Å²) in [5, 5.41) is 7.37. The van der Waals surface area contributed by atoms with Gasteiger partial charge in [-0.25, -0.2) is 0 Å². The SMILES string of the molecule is CCc1cn[nH]c1C1CCN(C(=O)c2ccc(C3CCCO3)s2)CC1. The molecule has 1 unspecified atom stereocenters. The molecule has 134 valence electrons. The van der Waals surface area contributed by atoms with Crippen molar-refractivity contribution in [3.8, 4) is 0 Å². The molecule has 2 aliphatic heterocycles. The van der Waals surface area contributed by atoms with Gasteiger partial charge in [0, 0.05) is 36.2 Å². The minimum absolute atomic E-state index is 0.174. The standard InChI is InChI=1S/C19H25N3O2S/c1-2-13-12-20-21-18(13)14-7-9-22(10-8-14)19(23)17-6-5-16(25-17)15-4-3-11-24-15/h5-6,12,14-15H,2-4,7-11H2,1H3,(H,20,21). The van der Waals surface area contributed by atoms with Crippen LogP contribution in [-0.4, -0.2) is 40.7 Å². The fraction of sp³-hybridized carbons (Fsp3) is 0.579. The molecule has 0 aliphatic carbocycles. The maximum atomic E-state index is 12.8. The van der Waals surface area contributed by atoms with Crippen LogP contribution in [0.15, 0.2) is 18.3 Å². The van der Waals surface area contributed by atoms with Crippen molar-refractivity contribution in [1.82, 2.24) is 15.1 Å². The Hall–Kier alpha value is -1.66. The molecule has 4 rings (SSSR count). The van der Waals surface area contributed by atoms with Gasteiger partial charge in [-0.1, -0.05) is 6.92 Å². The number of rotatable bonds is 4. The number of piperidine rings is 1. The van der Waals surface area contributed by atoms with Crippen LogP contribution in [-0.2, 0) is 11.2 Å². The van der Waals surface area contributed by atoms with Crippen molar-refractivity contribution in [1.29, 1.82) is 0 Å². The van der Waals surface area contributed by atoms with E-state index in [1.54, 1.807) is 11.3 Å². The summed E-state index contributed by atoms with van der Waals surface area (Å²) >= 11 is 1.60. The van der Waals surface area contributed by atoms with Crippen molar-refractivity contribution in [2.45, 2.75) is 51.0 Å². The molecule has 1 N–H and O–H groups in total. The molecule has 0 aromatic carbocycles. The lowest BCUT2D eigenvalue weighted by Crippen LogP contribution is -2.37. The van der Waals surface area contributed by atoms with Gasteiger partial charge in [0.25, 0.3) is 5.91 Å². The molecule has 0 radical (unpaired) electrons. The maximum absolute atomic E-state index is 12.8. The van der Waals surface area contributed by atoms with Gasteiger partial charge in [0.05, 0.1) is 17.2 Å². The van der Waals surface area contributed by atoms with Crippen LogP contribution in [0, 0.1) is 0 Å². The number of hydrogen-bond donors (Lipinski definition) is 1. The van der Waals surface area contributed by atoms with Gasteiger partial charge in [0.1, 0.15) is 0 Å². The topological polar surface area (TPSA) is 58.2 Å². The average Bonchev–Trinajstić information content (AvgIpc) is 3.41. The Labute approximate surface area is 152 Å². The molecule has 2 saturated heterocycles. The van der Waals surface area contributed by atoms with E-state index in [9.17, 15) is 4.79 Å². The number of aromatic amines is 1. The van der Waals surface area contributed by atoms with Gasteiger partial charge < -0.3 is 9.64 Å². The first-order chi connectivity index (χ1) is 12.3. The third kappa shape index (κ3) is 3.37. The molecule has 0 bridgehead atoms. The summed E-state index contributed by atoms with van der Waals surface area (Å²) in [5.41, 5.74) is 2.58. The molecule has 1 amide bonds. The third-order valence-electron chi connectivity index (χ3n) is 5.41. The van der Waals surface area contributed by atoms with E-state index in [1.165, 1.54) is 16.1 Å². The molecular weight excluding hydrogens is 334 g/mol. The molecule has 0 saturated carbocycles. The van der Waals surface area contributed by atoms with Gasteiger partial charge in [-0.05, 0) is 49.8 Å². The van der Waals surface area contributed by atoms with Gasteiger partial charge in [-0.2, -0.15) is 5.10 Å². The molecule has 25 heavy (non-hydrogen) atoms. The minimum Gasteiger partial charge on any atom is -0.373 e. The Morgan fingerprint density at radius 3 is 2.92 bits per heavy atom. The fourth-order valence-corrected chi connectivity index (χ4v) is 4.99. The van der Waals surface area contributed by atoms with Gasteiger partial charge >= 0.3 is 0 Å². The highest BCUT2D eigenvalue weighted by molar-refractivity contribution is 7.14. The van der Waals surface area contributed by atoms with E-state index in [4.69, 9.17) is 4.74 Å². The van der Waals surface area contributed by atoms with Crippen LogP contribution in [0.3, 0.4) is 0 Å². The van der Waals surface area contributed by atoms with E-state index in [2.05, 4.69) is 23.2 Å². The van der Waals surface area contributed by atoms with Crippen LogP contribution in [0.4, 0.5) is 0 Å². The van der Waals surface area contributed by atoms with Crippen molar-refractivity contribution in [3.63, 3.8) is 0 Å². The molecule has 2 aromatic heterocycles. The summed E-state index contributed by atoms with van der Waals surface area (Å²) in [6.07, 6.45) is 7.34. The van der Waals surface area contributed by atoms with Crippen molar-refractivity contribution in [2.75, 3.05) is 19.7 Å². The number of thiophene rings is 1. The number of nitrogens with zero attached hydrogens (tertiary/aromatic N) is 2. The van der Waals surface area contributed by atoms with Crippen molar-refractivity contribution >= 4 is 17.2 Å². The number of nitrogens with one attached hydrogen (secondary N) is 1. The van der Waals surface area contributed by atoms with E-state index in [0.717, 1.165) is 56.7 Å². The molecule has 2 fully saturated rings. The second-order valence-corrected chi connectivity index (χ2v) is 8.05. The first-order valence-electron chi connectivity index (χ1n) is 9.29. The van der Waals surface area contributed by atoms with Crippen LogP contribution in [0.2, 0.25) is 0 Å². The summed E-state index contributed by atoms with van der Waals surface area (Å²) in [7, 11) is 0. The minimum atomic E-state index is 0.174. The summed E-state index contributed by atoms with van der Waals surface area (Å²) in [6.45, 7) is 4.64. The zero-order valence-electron chi connectivity index (χ0n) is 14.7. The first-order valence-corrected chi connectivity index (χ1v) is 10.1. The highest BCUT2D eigenvalue weighted by Gasteiger charge is 2.28. The normalized spacial score (nSPS) is 21.8. The maximum Gasteiger partial charge on any atom is 0.263 e. The largest absolute Gasteiger partial charge is 0.373 e. The summed E-state index contributed by atoms with van der Waals surface area (Å²) < 4.78 is 5.73. The molecule has 4 heterocycles. The average molecular weight is 359 g/mol. The Kier molecular flexibility index (Phi) is 4.90. The number of likely N-dealkylation sites (tertiary alicyclic amines) is 1. The molecule has 2 aromatic rings. The Morgan fingerprint density at radius 1 is 1.36 bits per heavy atom. The van der Waals surface area contributed by atoms with Crippen molar-refractivity contribution < 1.29 is 9.53 Å². The van der Waals surface area contributed by atoms with E-state index in [-0.39, 0.29) is 12.0 Å². The quantitative estimate of drug-likeness (QED) is 0.900. The molecule has 6 heteroatoms. The lowest BCUT2D eigenvalue weighted by atomic mass is 9.91. The Morgan fingerprint density at radius 2 is 2.20 bits per heavy atom. The number of aromatic nitrogens is 2. The number of hydrogen-bond acceptors (Lipinski definition) is 4. The summed E-state index contributed by atoms with van der Waals surface area (Å²) in [5.74, 6) is 0.667. The predicted molar refractivity (Wildman–Crippen MR) is 98.1 cm³/mol. The monoisotopic (exact) mass is 359 g/mol. The van der Waals surface area contributed by atoms with Crippen molar-refractivity contribution in [3.05, 3.63) is 39.3 Å². The lowest BCUT2D eigenvalue weighted by molar-refractivity contribution is 0.0717. The second-order valence-electron chi connectivity index (χ2n) is 6.93. The zero-order valence-corrected chi connectivity index (χ0v) is 15.5. The first kappa shape index (κ1) is 16.8. The molecule has 2 aliphatic rings. The molecule has 1 atom stereocenters. The van der Waals surface area contributed by atoms with Gasteiger partial charge in [-0.3, -0.25) is 9.89 Å². The Bertz CT molecular complexity index is 725. The van der Waals surface area contributed by atoms with E-state index < -0.39 is 0 Å². The van der Waals surface area contributed by atoms with Gasteiger partial charge in [0.2, 0.25) is 0 Å². The third-order valence-corrected chi connectivity index (χ3v) is 6.57. The zero-order chi connectivity index (χ0) is 17.2.